The summed E-state index contributed by atoms with van der Waals surface area (Å²) in [6, 6.07) is 3.27. The molecule has 0 unspecified atom stereocenters. The standard InChI is InChI=1S/C21H29N3O5S/c1-14(2)5-7-24-15(3)9-17(16(24)4)10-18(11-22)21(26)29-12-20(25)23-19-6-8-30(27,28)13-19/h9-10,14,19H,5-8,12-13H2,1-4H3,(H,23,25)/b18-10-/t19-/m1/s1. The normalized spacial score (nSPS) is 18.3. The molecule has 2 rings (SSSR count). The van der Waals surface area contributed by atoms with Crippen molar-refractivity contribution in [3.63, 3.8) is 0 Å². The highest BCUT2D eigenvalue weighted by Crippen LogP contribution is 2.20. The minimum Gasteiger partial charge on any atom is -0.451 e. The first-order valence-electron chi connectivity index (χ1n) is 9.98. The number of sulfone groups is 1. The van der Waals surface area contributed by atoms with Crippen LogP contribution < -0.4 is 5.32 Å². The van der Waals surface area contributed by atoms with E-state index in [1.807, 2.05) is 26.0 Å². The summed E-state index contributed by atoms with van der Waals surface area (Å²) < 4.78 is 30.0. The van der Waals surface area contributed by atoms with Crippen molar-refractivity contribution in [2.24, 2.45) is 5.92 Å². The SMILES string of the molecule is Cc1cc(/C=C(/C#N)C(=O)OCC(=O)N[C@@H]2CCS(=O)(=O)C2)c(C)n1CCC(C)C. The molecule has 0 spiro atoms. The van der Waals surface area contributed by atoms with E-state index in [0.29, 0.717) is 12.3 Å². The predicted molar refractivity (Wildman–Crippen MR) is 113 cm³/mol. The Balaban J connectivity index is 1.99. The summed E-state index contributed by atoms with van der Waals surface area (Å²) in [5.41, 5.74) is 2.55. The topological polar surface area (TPSA) is 118 Å². The van der Waals surface area contributed by atoms with Gasteiger partial charge in [-0.15, -0.1) is 0 Å². The van der Waals surface area contributed by atoms with Crippen LogP contribution in [0.4, 0.5) is 0 Å². The fourth-order valence-electron chi connectivity index (χ4n) is 3.38. The van der Waals surface area contributed by atoms with Crippen molar-refractivity contribution < 1.29 is 22.7 Å². The first kappa shape index (κ1) is 23.7. The molecule has 0 radical (unpaired) electrons. The monoisotopic (exact) mass is 435 g/mol. The molecule has 1 N–H and O–H groups in total. The van der Waals surface area contributed by atoms with E-state index in [1.165, 1.54) is 6.08 Å². The molecule has 1 aromatic rings. The molecular weight excluding hydrogens is 406 g/mol. The number of aryl methyl sites for hydroxylation is 1. The van der Waals surface area contributed by atoms with Crippen LogP contribution in [0, 0.1) is 31.1 Å². The molecule has 1 aromatic heterocycles. The fraction of sp³-hybridized carbons (Fsp3) is 0.571. The average molecular weight is 436 g/mol. The van der Waals surface area contributed by atoms with Gasteiger partial charge < -0.3 is 14.6 Å². The van der Waals surface area contributed by atoms with Crippen molar-refractivity contribution in [2.45, 2.75) is 53.1 Å². The quantitative estimate of drug-likeness (QED) is 0.378. The third-order valence-corrected chi connectivity index (χ3v) is 6.88. The smallest absolute Gasteiger partial charge is 0.349 e. The van der Waals surface area contributed by atoms with Gasteiger partial charge in [0.05, 0.1) is 11.5 Å². The van der Waals surface area contributed by atoms with Crippen LogP contribution >= 0.6 is 0 Å². The van der Waals surface area contributed by atoms with Crippen LogP contribution in [-0.2, 0) is 30.7 Å². The van der Waals surface area contributed by atoms with Crippen LogP contribution in [0.2, 0.25) is 0 Å². The predicted octanol–water partition coefficient (Wildman–Crippen LogP) is 1.90. The van der Waals surface area contributed by atoms with Crippen LogP contribution in [0.25, 0.3) is 6.08 Å². The second kappa shape index (κ2) is 9.94. The molecule has 1 atom stereocenters. The first-order valence-corrected chi connectivity index (χ1v) is 11.8. The summed E-state index contributed by atoms with van der Waals surface area (Å²) >= 11 is 0. The van der Waals surface area contributed by atoms with Crippen molar-refractivity contribution in [1.82, 2.24) is 9.88 Å². The molecule has 2 heterocycles. The Hall–Kier alpha value is -2.60. The Labute approximate surface area is 177 Å². The Morgan fingerprint density at radius 1 is 1.40 bits per heavy atom. The van der Waals surface area contributed by atoms with Crippen LogP contribution in [0.15, 0.2) is 11.6 Å². The van der Waals surface area contributed by atoms with Gasteiger partial charge in [-0.1, -0.05) is 13.8 Å². The maximum atomic E-state index is 12.2. The molecule has 1 fully saturated rings. The minimum atomic E-state index is -3.12. The molecule has 0 aromatic carbocycles. The second-order valence-electron chi connectivity index (χ2n) is 8.07. The molecule has 1 aliphatic heterocycles. The van der Waals surface area contributed by atoms with Gasteiger partial charge in [-0.25, -0.2) is 13.2 Å². The zero-order chi connectivity index (χ0) is 22.5. The summed E-state index contributed by atoms with van der Waals surface area (Å²) in [6.45, 7) is 8.50. The average Bonchev–Trinajstić information content (AvgIpc) is 3.13. The van der Waals surface area contributed by atoms with Gasteiger partial charge in [-0.3, -0.25) is 4.79 Å². The molecular formula is C21H29N3O5S. The minimum absolute atomic E-state index is 0.0363. The van der Waals surface area contributed by atoms with Crippen LogP contribution in [0.3, 0.4) is 0 Å². The third-order valence-electron chi connectivity index (χ3n) is 5.11. The van der Waals surface area contributed by atoms with Crippen molar-refractivity contribution in [2.75, 3.05) is 18.1 Å². The van der Waals surface area contributed by atoms with Crippen molar-refractivity contribution in [3.05, 3.63) is 28.6 Å². The summed E-state index contributed by atoms with van der Waals surface area (Å²) in [5, 5.41) is 11.9. The molecule has 1 amide bonds. The lowest BCUT2D eigenvalue weighted by molar-refractivity contribution is -0.144. The van der Waals surface area contributed by atoms with Crippen LogP contribution in [0.1, 0.15) is 43.6 Å². The third kappa shape index (κ3) is 6.46. The fourth-order valence-corrected chi connectivity index (χ4v) is 5.06. The van der Waals surface area contributed by atoms with E-state index in [9.17, 15) is 23.3 Å². The first-order chi connectivity index (χ1) is 14.0. The molecule has 1 saturated heterocycles. The van der Waals surface area contributed by atoms with Crippen LogP contribution in [-0.4, -0.2) is 49.0 Å². The number of amides is 1. The Bertz CT molecular complexity index is 983. The largest absolute Gasteiger partial charge is 0.451 e. The molecule has 8 nitrogen and oxygen atoms in total. The van der Waals surface area contributed by atoms with Gasteiger partial charge in [0, 0.05) is 24.0 Å². The van der Waals surface area contributed by atoms with E-state index in [0.717, 1.165) is 29.9 Å². The number of rotatable bonds is 8. The lowest BCUT2D eigenvalue weighted by Crippen LogP contribution is -2.38. The molecule has 0 saturated carbocycles. The van der Waals surface area contributed by atoms with Gasteiger partial charge in [-0.2, -0.15) is 5.26 Å². The van der Waals surface area contributed by atoms with Crippen molar-refractivity contribution in [3.8, 4) is 6.07 Å². The van der Waals surface area contributed by atoms with Gasteiger partial charge in [0.2, 0.25) is 0 Å². The van der Waals surface area contributed by atoms with Gasteiger partial charge in [-0.05, 0) is 50.3 Å². The number of esters is 1. The number of ether oxygens (including phenoxy) is 1. The van der Waals surface area contributed by atoms with Gasteiger partial charge in [0.25, 0.3) is 5.91 Å². The maximum Gasteiger partial charge on any atom is 0.349 e. The number of aromatic nitrogens is 1. The molecule has 164 valence electrons. The summed E-state index contributed by atoms with van der Waals surface area (Å²) in [4.78, 5) is 24.2. The van der Waals surface area contributed by atoms with E-state index in [-0.39, 0.29) is 17.1 Å². The Morgan fingerprint density at radius 3 is 2.67 bits per heavy atom. The van der Waals surface area contributed by atoms with E-state index in [4.69, 9.17) is 4.74 Å². The van der Waals surface area contributed by atoms with E-state index in [2.05, 4.69) is 23.7 Å². The summed E-state index contributed by atoms with van der Waals surface area (Å²) in [6.07, 6.45) is 2.83. The molecule has 1 aliphatic rings. The van der Waals surface area contributed by atoms with Crippen molar-refractivity contribution in [1.29, 1.82) is 5.26 Å². The lowest BCUT2D eigenvalue weighted by atomic mass is 10.1. The number of nitrogens with one attached hydrogen (secondary N) is 1. The molecule has 0 aliphatic carbocycles. The zero-order valence-corrected chi connectivity index (χ0v) is 18.7. The number of carbonyl (C=O) groups is 2. The lowest BCUT2D eigenvalue weighted by Gasteiger charge is -2.11. The highest BCUT2D eigenvalue weighted by molar-refractivity contribution is 7.91. The summed E-state index contributed by atoms with van der Waals surface area (Å²) in [5.74, 6) is -0.990. The molecule has 30 heavy (non-hydrogen) atoms. The highest BCUT2D eigenvalue weighted by atomic mass is 32.2. The number of hydrogen-bond donors (Lipinski definition) is 1. The van der Waals surface area contributed by atoms with Crippen molar-refractivity contribution >= 4 is 27.8 Å². The molecule has 9 heteroatoms. The highest BCUT2D eigenvalue weighted by Gasteiger charge is 2.29. The number of hydrogen-bond acceptors (Lipinski definition) is 6. The number of nitriles is 1. The van der Waals surface area contributed by atoms with E-state index >= 15 is 0 Å². The van der Waals surface area contributed by atoms with E-state index < -0.39 is 34.4 Å². The van der Waals surface area contributed by atoms with E-state index in [1.54, 1.807) is 0 Å². The Morgan fingerprint density at radius 2 is 2.10 bits per heavy atom. The van der Waals surface area contributed by atoms with Crippen LogP contribution in [0.5, 0.6) is 0 Å². The molecule has 0 bridgehead atoms. The summed E-state index contributed by atoms with van der Waals surface area (Å²) in [7, 11) is -3.12. The zero-order valence-electron chi connectivity index (χ0n) is 17.9. The van der Waals surface area contributed by atoms with Gasteiger partial charge in [0.15, 0.2) is 16.4 Å². The number of carbonyl (C=O) groups excluding carboxylic acids is 2. The maximum absolute atomic E-state index is 12.2. The Kier molecular flexibility index (Phi) is 7.84. The van der Waals surface area contributed by atoms with Gasteiger partial charge >= 0.3 is 5.97 Å². The number of nitrogens with zero attached hydrogens (tertiary/aromatic N) is 2. The van der Waals surface area contributed by atoms with Gasteiger partial charge in [0.1, 0.15) is 11.6 Å². The second-order valence-corrected chi connectivity index (χ2v) is 10.3.